The summed E-state index contributed by atoms with van der Waals surface area (Å²) in [6, 6.07) is 0. The molecule has 0 aromatic rings. The van der Waals surface area contributed by atoms with Gasteiger partial charge in [0.05, 0.1) is 25.4 Å². The standard InChI is InChI=1S/C12H14O6S/c13-5-1-9(7-3-15-11(5)17-7)19-10-2-6(14)12-16-4-8(10)18-12/h7-12H,1-4H2/t7-,8-,9+,10+,11-,12-/m1/s1. The zero-order chi connectivity index (χ0) is 13.0. The molecule has 0 radical (unpaired) electrons. The zero-order valence-corrected chi connectivity index (χ0v) is 11.0. The summed E-state index contributed by atoms with van der Waals surface area (Å²) in [5.41, 5.74) is 0. The maximum absolute atomic E-state index is 11.7. The molecule has 4 aliphatic heterocycles. The lowest BCUT2D eigenvalue weighted by Gasteiger charge is -2.32. The molecule has 0 spiro atoms. The van der Waals surface area contributed by atoms with Crippen LogP contribution in [-0.2, 0) is 28.5 Å². The summed E-state index contributed by atoms with van der Waals surface area (Å²) in [7, 11) is 0. The van der Waals surface area contributed by atoms with Crippen molar-refractivity contribution in [2.75, 3.05) is 13.2 Å². The minimum absolute atomic E-state index is 0.00477. The van der Waals surface area contributed by atoms with Crippen molar-refractivity contribution >= 4 is 23.3 Å². The van der Waals surface area contributed by atoms with Gasteiger partial charge in [0.2, 0.25) is 12.6 Å². The van der Waals surface area contributed by atoms with Gasteiger partial charge >= 0.3 is 0 Å². The van der Waals surface area contributed by atoms with E-state index in [0.29, 0.717) is 26.1 Å². The van der Waals surface area contributed by atoms with Crippen LogP contribution in [-0.4, -0.2) is 60.1 Å². The minimum Gasteiger partial charge on any atom is -0.343 e. The van der Waals surface area contributed by atoms with Crippen LogP contribution in [0.1, 0.15) is 12.8 Å². The number of fused-ring (bicyclic) bond motifs is 4. The van der Waals surface area contributed by atoms with E-state index in [0.717, 1.165) is 0 Å². The average molecular weight is 286 g/mol. The molecule has 4 rings (SSSR count). The van der Waals surface area contributed by atoms with Gasteiger partial charge in [-0.3, -0.25) is 9.59 Å². The number of rotatable bonds is 2. The first-order chi connectivity index (χ1) is 9.20. The molecule has 4 heterocycles. The molecule has 0 aromatic heterocycles. The van der Waals surface area contributed by atoms with E-state index >= 15 is 0 Å². The number of ketones is 2. The molecule has 0 unspecified atom stereocenters. The number of Topliss-reactive ketones (excluding diaryl/α,β-unsaturated/α-hetero) is 2. The molecule has 7 heteroatoms. The van der Waals surface area contributed by atoms with E-state index in [4.69, 9.17) is 18.9 Å². The van der Waals surface area contributed by atoms with Crippen molar-refractivity contribution in [3.8, 4) is 0 Å². The Morgan fingerprint density at radius 2 is 1.32 bits per heavy atom. The third-order valence-corrected chi connectivity index (χ3v) is 5.57. The maximum Gasteiger partial charge on any atom is 0.218 e. The highest BCUT2D eigenvalue weighted by Gasteiger charge is 2.48. The highest BCUT2D eigenvalue weighted by Crippen LogP contribution is 2.40. The Morgan fingerprint density at radius 1 is 0.842 bits per heavy atom. The normalized spacial score (nSPS) is 48.8. The second-order valence-corrected chi connectivity index (χ2v) is 6.72. The Morgan fingerprint density at radius 3 is 1.79 bits per heavy atom. The number of hydrogen-bond acceptors (Lipinski definition) is 7. The van der Waals surface area contributed by atoms with Crippen molar-refractivity contribution in [2.24, 2.45) is 0 Å². The molecule has 19 heavy (non-hydrogen) atoms. The SMILES string of the molecule is O=C1C[C@H](S[C@H]2CC(=O)[C@@H]3OC[C@H]2O3)[C@H]2CO[C@@H]1O2. The molecule has 4 bridgehead atoms. The van der Waals surface area contributed by atoms with Gasteiger partial charge in [-0.2, -0.15) is 0 Å². The largest absolute Gasteiger partial charge is 0.343 e. The Balaban J connectivity index is 1.46. The molecule has 0 aliphatic carbocycles. The minimum atomic E-state index is -0.662. The third kappa shape index (κ3) is 2.04. The highest BCUT2D eigenvalue weighted by molar-refractivity contribution is 8.00. The van der Waals surface area contributed by atoms with Crippen LogP contribution >= 0.6 is 11.8 Å². The van der Waals surface area contributed by atoms with Gasteiger partial charge in [0.1, 0.15) is 0 Å². The van der Waals surface area contributed by atoms with Crippen molar-refractivity contribution in [1.29, 1.82) is 0 Å². The van der Waals surface area contributed by atoms with Crippen LogP contribution in [0.15, 0.2) is 0 Å². The molecule has 0 saturated carbocycles. The molecular formula is C12H14O6S. The van der Waals surface area contributed by atoms with Gasteiger partial charge in [0.25, 0.3) is 0 Å². The fourth-order valence-corrected chi connectivity index (χ4v) is 4.52. The van der Waals surface area contributed by atoms with E-state index in [1.807, 2.05) is 0 Å². The van der Waals surface area contributed by atoms with Crippen LogP contribution in [0.25, 0.3) is 0 Å². The van der Waals surface area contributed by atoms with Crippen molar-refractivity contribution in [3.05, 3.63) is 0 Å². The fourth-order valence-electron chi connectivity index (χ4n) is 2.91. The molecule has 4 aliphatic rings. The van der Waals surface area contributed by atoms with Gasteiger partial charge < -0.3 is 18.9 Å². The quantitative estimate of drug-likeness (QED) is 0.701. The van der Waals surface area contributed by atoms with Crippen molar-refractivity contribution < 1.29 is 28.5 Å². The predicted octanol–water partition coefficient (Wildman–Crippen LogP) is -0.115. The van der Waals surface area contributed by atoms with Crippen LogP contribution in [0.4, 0.5) is 0 Å². The third-order valence-electron chi connectivity index (χ3n) is 3.93. The van der Waals surface area contributed by atoms with Gasteiger partial charge in [0, 0.05) is 23.3 Å². The van der Waals surface area contributed by atoms with Crippen LogP contribution in [0, 0.1) is 0 Å². The van der Waals surface area contributed by atoms with E-state index in [1.165, 1.54) is 0 Å². The van der Waals surface area contributed by atoms with Crippen LogP contribution in [0.2, 0.25) is 0 Å². The lowest BCUT2D eigenvalue weighted by Crippen LogP contribution is -2.42. The van der Waals surface area contributed by atoms with Crippen molar-refractivity contribution in [3.63, 3.8) is 0 Å². The first-order valence-electron chi connectivity index (χ1n) is 6.46. The van der Waals surface area contributed by atoms with E-state index in [2.05, 4.69) is 0 Å². The van der Waals surface area contributed by atoms with Crippen LogP contribution in [0.5, 0.6) is 0 Å². The summed E-state index contributed by atoms with van der Waals surface area (Å²) in [6.07, 6.45) is -0.537. The van der Waals surface area contributed by atoms with Crippen molar-refractivity contribution in [2.45, 2.75) is 48.1 Å². The summed E-state index contributed by atoms with van der Waals surface area (Å²) >= 11 is 1.62. The number of carbonyl (C=O) groups excluding carboxylic acids is 2. The van der Waals surface area contributed by atoms with Crippen LogP contribution < -0.4 is 0 Å². The molecule has 0 aromatic carbocycles. The lowest BCUT2D eigenvalue weighted by molar-refractivity contribution is -0.152. The Kier molecular flexibility index (Phi) is 2.93. The van der Waals surface area contributed by atoms with Gasteiger partial charge in [0.15, 0.2) is 11.6 Å². The average Bonchev–Trinajstić information content (AvgIpc) is 3.01. The van der Waals surface area contributed by atoms with Gasteiger partial charge in [-0.25, -0.2) is 0 Å². The molecule has 6 nitrogen and oxygen atoms in total. The first-order valence-corrected chi connectivity index (χ1v) is 7.40. The van der Waals surface area contributed by atoms with E-state index in [-0.39, 0.29) is 34.3 Å². The number of ether oxygens (including phenoxy) is 4. The number of carbonyl (C=O) groups is 2. The summed E-state index contributed by atoms with van der Waals surface area (Å²) in [5, 5.41) is 0.0922. The van der Waals surface area contributed by atoms with Gasteiger partial charge in [-0.15, -0.1) is 11.8 Å². The molecule has 6 atom stereocenters. The summed E-state index contributed by atoms with van der Waals surface area (Å²) in [4.78, 5) is 23.5. The number of thioether (sulfide) groups is 1. The first kappa shape index (κ1) is 12.3. The second kappa shape index (κ2) is 4.53. The second-order valence-electron chi connectivity index (χ2n) is 5.23. The highest BCUT2D eigenvalue weighted by atomic mass is 32.2. The molecule has 104 valence electrons. The maximum atomic E-state index is 11.7. The smallest absolute Gasteiger partial charge is 0.218 e. The molecule has 0 amide bonds. The zero-order valence-electron chi connectivity index (χ0n) is 10.2. The molecular weight excluding hydrogens is 272 g/mol. The molecule has 0 N–H and O–H groups in total. The number of hydrogen-bond donors (Lipinski definition) is 0. The fraction of sp³-hybridized carbons (Fsp3) is 0.833. The topological polar surface area (TPSA) is 71.1 Å². The summed E-state index contributed by atoms with van der Waals surface area (Å²) in [6.45, 7) is 0.915. The Bertz CT molecular complexity index is 388. The van der Waals surface area contributed by atoms with Crippen LogP contribution in [0.3, 0.4) is 0 Å². The Hall–Kier alpha value is -0.470. The monoisotopic (exact) mass is 286 g/mol. The van der Waals surface area contributed by atoms with E-state index < -0.39 is 12.6 Å². The lowest BCUT2D eigenvalue weighted by atomic mass is 10.1. The summed E-state index contributed by atoms with van der Waals surface area (Å²) in [5.74, 6) is -0.00953. The van der Waals surface area contributed by atoms with E-state index in [1.54, 1.807) is 11.8 Å². The molecule has 4 fully saturated rings. The van der Waals surface area contributed by atoms with Gasteiger partial charge in [-0.1, -0.05) is 0 Å². The van der Waals surface area contributed by atoms with Gasteiger partial charge in [-0.05, 0) is 0 Å². The Labute approximate surface area is 114 Å². The van der Waals surface area contributed by atoms with Crippen molar-refractivity contribution in [1.82, 2.24) is 0 Å². The molecule has 4 saturated heterocycles. The van der Waals surface area contributed by atoms with E-state index in [9.17, 15) is 9.59 Å². The predicted molar refractivity (Wildman–Crippen MR) is 63.6 cm³/mol. The summed E-state index contributed by atoms with van der Waals surface area (Å²) < 4.78 is 21.6.